The van der Waals surface area contributed by atoms with Crippen LogP contribution in [-0.4, -0.2) is 26.2 Å². The van der Waals surface area contributed by atoms with E-state index in [4.69, 9.17) is 10.7 Å². The van der Waals surface area contributed by atoms with E-state index in [1.54, 1.807) is 11.8 Å². The number of hydrogen-bond acceptors (Lipinski definition) is 5. The summed E-state index contributed by atoms with van der Waals surface area (Å²) in [6, 6.07) is 8.18. The largest absolute Gasteiger partial charge is 0.402 e. The molecular weight excluding hydrogens is 366 g/mol. The Morgan fingerprint density at radius 3 is 2.43 bits per heavy atom. The highest BCUT2D eigenvalue weighted by molar-refractivity contribution is 8.07. The van der Waals surface area contributed by atoms with E-state index in [0.29, 0.717) is 12.1 Å². The zero-order chi connectivity index (χ0) is 20.4. The molecule has 3 rings (SSSR count). The number of nitrogens with zero attached hydrogens (tertiary/aromatic N) is 4. The first-order valence-corrected chi connectivity index (χ1v) is 10.4. The Kier molecular flexibility index (Phi) is 5.89. The zero-order valence-corrected chi connectivity index (χ0v) is 17.8. The summed E-state index contributed by atoms with van der Waals surface area (Å²) in [7, 11) is 0. The normalized spacial score (nSPS) is 16.4. The van der Waals surface area contributed by atoms with Gasteiger partial charge < -0.3 is 5.73 Å². The maximum atomic E-state index is 5.97. The Labute approximate surface area is 171 Å². The highest BCUT2D eigenvalue weighted by Crippen LogP contribution is 2.39. The van der Waals surface area contributed by atoms with Crippen molar-refractivity contribution < 1.29 is 0 Å². The lowest BCUT2D eigenvalue weighted by molar-refractivity contribution is 0.654. The topological polar surface area (TPSA) is 69.1 Å². The first-order chi connectivity index (χ1) is 13.3. The smallest absolute Gasteiger partial charge is 0.163 e. The lowest BCUT2D eigenvalue weighted by atomic mass is 9.97. The van der Waals surface area contributed by atoms with Crippen molar-refractivity contribution in [1.29, 1.82) is 0 Å². The van der Waals surface area contributed by atoms with Crippen molar-refractivity contribution >= 4 is 22.5 Å². The van der Waals surface area contributed by atoms with Crippen LogP contribution in [0.5, 0.6) is 0 Å². The lowest BCUT2D eigenvalue weighted by Crippen LogP contribution is -2.10. The summed E-state index contributed by atoms with van der Waals surface area (Å²) in [4.78, 5) is 5.13. The van der Waals surface area contributed by atoms with Crippen LogP contribution in [0.3, 0.4) is 0 Å². The second kappa shape index (κ2) is 8.19. The molecule has 2 heterocycles. The Morgan fingerprint density at radius 2 is 1.86 bits per heavy atom. The Hall–Kier alpha value is -2.60. The summed E-state index contributed by atoms with van der Waals surface area (Å²) >= 11 is 1.75. The molecule has 0 radical (unpaired) electrons. The summed E-state index contributed by atoms with van der Waals surface area (Å²) < 4.78 is 2.11. The molecule has 0 amide bonds. The van der Waals surface area contributed by atoms with Gasteiger partial charge in [-0.15, -0.1) is 22.0 Å². The molecule has 1 atom stereocenters. The minimum Gasteiger partial charge on any atom is -0.402 e. The molecule has 2 aromatic rings. The quantitative estimate of drug-likeness (QED) is 0.765. The second-order valence-electron chi connectivity index (χ2n) is 7.06. The van der Waals surface area contributed by atoms with Crippen LogP contribution in [0.2, 0.25) is 0 Å². The number of benzene rings is 1. The van der Waals surface area contributed by atoms with E-state index < -0.39 is 0 Å². The molecule has 28 heavy (non-hydrogen) atoms. The third-order valence-corrected chi connectivity index (χ3v) is 5.52. The van der Waals surface area contributed by atoms with E-state index in [9.17, 15) is 0 Å². The number of rotatable bonds is 6. The molecule has 0 bridgehead atoms. The molecule has 0 spiro atoms. The average molecular weight is 394 g/mol. The Bertz CT molecular complexity index is 979. The molecule has 1 aromatic carbocycles. The summed E-state index contributed by atoms with van der Waals surface area (Å²) in [5.41, 5.74) is 11.7. The molecule has 2 N–H and O–H groups in total. The number of aromatic nitrogens is 3. The molecule has 1 aliphatic heterocycles. The van der Waals surface area contributed by atoms with E-state index >= 15 is 0 Å². The molecule has 146 valence electrons. The van der Waals surface area contributed by atoms with E-state index in [2.05, 4.69) is 66.0 Å². The van der Waals surface area contributed by atoms with Gasteiger partial charge in [-0.3, -0.25) is 9.56 Å². The van der Waals surface area contributed by atoms with Gasteiger partial charge in [0, 0.05) is 23.3 Å². The fourth-order valence-corrected chi connectivity index (χ4v) is 4.35. The number of thioether (sulfide) groups is 1. The Morgan fingerprint density at radius 1 is 1.18 bits per heavy atom. The van der Waals surface area contributed by atoms with Crippen LogP contribution < -0.4 is 5.73 Å². The van der Waals surface area contributed by atoms with Gasteiger partial charge in [0.1, 0.15) is 11.9 Å². The van der Waals surface area contributed by atoms with Crippen LogP contribution in [0.1, 0.15) is 49.1 Å². The molecule has 0 fully saturated rings. The minimum atomic E-state index is -0.251. The number of aryl methyl sites for hydroxylation is 2. The van der Waals surface area contributed by atoms with Crippen molar-refractivity contribution in [1.82, 2.24) is 14.8 Å². The van der Waals surface area contributed by atoms with Crippen molar-refractivity contribution in [3.05, 3.63) is 77.0 Å². The fraction of sp³-hybridized carbons (Fsp3) is 0.318. The van der Waals surface area contributed by atoms with Gasteiger partial charge in [0.2, 0.25) is 0 Å². The van der Waals surface area contributed by atoms with Crippen molar-refractivity contribution in [2.45, 2.75) is 40.2 Å². The van der Waals surface area contributed by atoms with E-state index in [0.717, 1.165) is 44.9 Å². The number of hydrogen-bond donors (Lipinski definition) is 1. The van der Waals surface area contributed by atoms with Crippen molar-refractivity contribution in [3.63, 3.8) is 0 Å². The standard InChI is InChI=1S/C22H27N5S/c1-7-28-22-19(13(2)3)20(17-10-8-14(4)9-11-17)24-18(12-15(5)23)21-26-25-16(6)27(21)22/h8-11,18H,2,5,7,12,23H2,1,3-4,6H3/t18-/m0/s1. The molecule has 0 unspecified atom stereocenters. The van der Waals surface area contributed by atoms with Gasteiger partial charge in [-0.25, -0.2) is 0 Å². The van der Waals surface area contributed by atoms with Gasteiger partial charge in [-0.2, -0.15) is 0 Å². The molecule has 1 aromatic heterocycles. The van der Waals surface area contributed by atoms with Gasteiger partial charge in [0.05, 0.1) is 10.7 Å². The summed E-state index contributed by atoms with van der Waals surface area (Å²) in [5.74, 6) is 2.54. The molecular formula is C22H27N5S. The Balaban J connectivity index is 2.35. The van der Waals surface area contributed by atoms with Gasteiger partial charge in [0.15, 0.2) is 5.82 Å². The molecule has 0 saturated carbocycles. The lowest BCUT2D eigenvalue weighted by Gasteiger charge is -2.17. The highest BCUT2D eigenvalue weighted by atomic mass is 32.2. The predicted octanol–water partition coefficient (Wildman–Crippen LogP) is 4.80. The zero-order valence-electron chi connectivity index (χ0n) is 17.0. The SMILES string of the molecule is C=C(N)C[C@@H]1N=C(c2ccc(C)cc2)C(C(=C)C)=C(SCC)n2c(C)nnc21. The van der Waals surface area contributed by atoms with E-state index in [1.165, 1.54) is 5.56 Å². The monoisotopic (exact) mass is 393 g/mol. The van der Waals surface area contributed by atoms with Crippen molar-refractivity contribution in [2.75, 3.05) is 5.75 Å². The number of aliphatic imine (C=N–C) groups is 1. The van der Waals surface area contributed by atoms with Crippen LogP contribution in [-0.2, 0) is 0 Å². The summed E-state index contributed by atoms with van der Waals surface area (Å²) in [6.07, 6.45) is 0.515. The summed E-state index contributed by atoms with van der Waals surface area (Å²) in [5, 5.41) is 9.85. The fourth-order valence-electron chi connectivity index (χ4n) is 3.31. The molecule has 1 aliphatic rings. The van der Waals surface area contributed by atoms with Gasteiger partial charge in [0.25, 0.3) is 0 Å². The van der Waals surface area contributed by atoms with Crippen LogP contribution >= 0.6 is 11.8 Å². The van der Waals surface area contributed by atoms with E-state index in [1.807, 2.05) is 13.8 Å². The van der Waals surface area contributed by atoms with Gasteiger partial charge in [-0.1, -0.05) is 49.9 Å². The average Bonchev–Trinajstić information content (AvgIpc) is 2.94. The van der Waals surface area contributed by atoms with Crippen LogP contribution in [0.15, 0.2) is 59.3 Å². The number of allylic oxidation sites excluding steroid dienone is 2. The van der Waals surface area contributed by atoms with E-state index in [-0.39, 0.29) is 6.04 Å². The van der Waals surface area contributed by atoms with Crippen molar-refractivity contribution in [2.24, 2.45) is 10.7 Å². The highest BCUT2D eigenvalue weighted by Gasteiger charge is 2.30. The first-order valence-electron chi connectivity index (χ1n) is 9.37. The van der Waals surface area contributed by atoms with Gasteiger partial charge in [-0.05, 0) is 32.1 Å². The summed E-state index contributed by atoms with van der Waals surface area (Å²) in [6.45, 7) is 16.4. The molecule has 0 aliphatic carbocycles. The van der Waals surface area contributed by atoms with Crippen molar-refractivity contribution in [3.8, 4) is 0 Å². The van der Waals surface area contributed by atoms with Crippen LogP contribution in [0, 0.1) is 13.8 Å². The predicted molar refractivity (Wildman–Crippen MR) is 119 cm³/mol. The van der Waals surface area contributed by atoms with Crippen LogP contribution in [0.25, 0.3) is 5.03 Å². The van der Waals surface area contributed by atoms with Gasteiger partial charge >= 0.3 is 0 Å². The first kappa shape index (κ1) is 20.1. The number of nitrogens with two attached hydrogens (primary N) is 1. The third kappa shape index (κ3) is 3.83. The maximum absolute atomic E-state index is 5.97. The third-order valence-electron chi connectivity index (χ3n) is 4.57. The molecule has 0 saturated heterocycles. The minimum absolute atomic E-state index is 0.251. The molecule has 6 heteroatoms. The molecule has 5 nitrogen and oxygen atoms in total. The maximum Gasteiger partial charge on any atom is 0.163 e. The second-order valence-corrected chi connectivity index (χ2v) is 8.31. The number of fused-ring (bicyclic) bond motifs is 1. The van der Waals surface area contributed by atoms with Crippen LogP contribution in [0.4, 0.5) is 0 Å².